The highest BCUT2D eigenvalue weighted by Gasteiger charge is 2.65. The van der Waals surface area contributed by atoms with Gasteiger partial charge in [-0.15, -0.1) is 0 Å². The Labute approximate surface area is 252 Å². The Kier molecular flexibility index (Phi) is 9.93. The van der Waals surface area contributed by atoms with Crippen LogP contribution in [0.25, 0.3) is 0 Å². The maximum Gasteiger partial charge on any atom is 0.305 e. The molecule has 42 heavy (non-hydrogen) atoms. The van der Waals surface area contributed by atoms with Crippen LogP contribution in [-0.2, 0) is 33.3 Å². The molecule has 1 aliphatic heterocycles. The van der Waals surface area contributed by atoms with Crippen LogP contribution >= 0.6 is 0 Å². The molecule has 5 fully saturated rings. The van der Waals surface area contributed by atoms with E-state index in [0.717, 1.165) is 71.4 Å². The van der Waals surface area contributed by atoms with Crippen molar-refractivity contribution in [3.63, 3.8) is 0 Å². The molecule has 8 heteroatoms. The van der Waals surface area contributed by atoms with Crippen molar-refractivity contribution in [1.29, 1.82) is 0 Å². The first-order valence-corrected chi connectivity index (χ1v) is 16.8. The molecule has 10 atom stereocenters. The van der Waals surface area contributed by atoms with E-state index in [-0.39, 0.29) is 40.9 Å². The third-order valence-corrected chi connectivity index (χ3v) is 12.7. The van der Waals surface area contributed by atoms with Gasteiger partial charge in [-0.1, -0.05) is 20.8 Å². The lowest BCUT2D eigenvalue weighted by molar-refractivity contribution is -0.197. The molecular formula is C34H55NO7. The van der Waals surface area contributed by atoms with Gasteiger partial charge in [0.15, 0.2) is 0 Å². The van der Waals surface area contributed by atoms with Gasteiger partial charge in [0.1, 0.15) is 18.8 Å². The van der Waals surface area contributed by atoms with Crippen molar-refractivity contribution >= 4 is 17.9 Å². The Morgan fingerprint density at radius 1 is 0.929 bits per heavy atom. The van der Waals surface area contributed by atoms with E-state index in [9.17, 15) is 14.4 Å². The molecule has 0 radical (unpaired) electrons. The lowest BCUT2D eigenvalue weighted by Crippen LogP contribution is -2.59. The monoisotopic (exact) mass is 589 g/mol. The average Bonchev–Trinajstić information content (AvgIpc) is 3.31. The molecule has 0 spiro atoms. The van der Waals surface area contributed by atoms with Crippen LogP contribution in [0.2, 0.25) is 0 Å². The molecule has 5 rings (SSSR count). The van der Waals surface area contributed by atoms with Crippen molar-refractivity contribution in [2.75, 3.05) is 39.5 Å². The second-order valence-corrected chi connectivity index (χ2v) is 14.7. The van der Waals surface area contributed by atoms with Crippen molar-refractivity contribution < 1.29 is 33.3 Å². The molecule has 0 bridgehead atoms. The molecule has 4 aliphatic carbocycles. The summed E-state index contributed by atoms with van der Waals surface area (Å²) in [7, 11) is 0. The SMILES string of the molecule is CC(=O)O[C@@H]1CC[C@]2(C)C3C[C@H](OC(C)=O)[C@]4(C)C(C(C)CCC(=O)OCCN5CCOCC5)CCC4[C@@H]3CC[C@@H]2C1. The zero-order valence-corrected chi connectivity index (χ0v) is 26.7. The predicted molar refractivity (Wildman–Crippen MR) is 158 cm³/mol. The third-order valence-electron chi connectivity index (χ3n) is 12.7. The number of hydrogen-bond acceptors (Lipinski definition) is 8. The predicted octanol–water partition coefficient (Wildman–Crippen LogP) is 5.41. The van der Waals surface area contributed by atoms with Gasteiger partial charge >= 0.3 is 17.9 Å². The van der Waals surface area contributed by atoms with Crippen molar-refractivity contribution in [3.05, 3.63) is 0 Å². The van der Waals surface area contributed by atoms with E-state index in [4.69, 9.17) is 18.9 Å². The maximum atomic E-state index is 12.7. The summed E-state index contributed by atoms with van der Waals surface area (Å²) in [4.78, 5) is 39.1. The van der Waals surface area contributed by atoms with E-state index in [2.05, 4.69) is 25.7 Å². The van der Waals surface area contributed by atoms with Crippen LogP contribution in [0.3, 0.4) is 0 Å². The molecule has 8 nitrogen and oxygen atoms in total. The number of carbonyl (C=O) groups excluding carboxylic acids is 3. The smallest absolute Gasteiger partial charge is 0.305 e. The maximum absolute atomic E-state index is 12.7. The molecule has 0 aromatic carbocycles. The van der Waals surface area contributed by atoms with Crippen molar-refractivity contribution in [2.45, 2.75) is 111 Å². The van der Waals surface area contributed by atoms with Crippen molar-refractivity contribution in [1.82, 2.24) is 4.90 Å². The molecule has 0 aromatic rings. The Morgan fingerprint density at radius 3 is 2.38 bits per heavy atom. The summed E-state index contributed by atoms with van der Waals surface area (Å²) in [5.41, 5.74) is 0.110. The van der Waals surface area contributed by atoms with Gasteiger partial charge in [-0.25, -0.2) is 0 Å². The van der Waals surface area contributed by atoms with Gasteiger partial charge in [-0.2, -0.15) is 0 Å². The minimum Gasteiger partial charge on any atom is -0.464 e. The number of morpholine rings is 1. The molecule has 1 saturated heterocycles. The molecule has 0 N–H and O–H groups in total. The van der Waals surface area contributed by atoms with E-state index < -0.39 is 0 Å². The Hall–Kier alpha value is -1.67. The van der Waals surface area contributed by atoms with Crippen LogP contribution in [-0.4, -0.2) is 74.5 Å². The first kappa shape index (κ1) is 31.7. The van der Waals surface area contributed by atoms with Crippen molar-refractivity contribution in [2.24, 2.45) is 46.3 Å². The van der Waals surface area contributed by atoms with Gasteiger partial charge in [0.2, 0.25) is 0 Å². The molecule has 4 unspecified atom stereocenters. The van der Waals surface area contributed by atoms with Crippen LogP contribution in [0.1, 0.15) is 98.8 Å². The largest absolute Gasteiger partial charge is 0.464 e. The molecular weight excluding hydrogens is 534 g/mol. The quantitative estimate of drug-likeness (QED) is 0.261. The van der Waals surface area contributed by atoms with Crippen LogP contribution in [0, 0.1) is 46.3 Å². The second kappa shape index (κ2) is 13.1. The van der Waals surface area contributed by atoms with Gasteiger partial charge < -0.3 is 18.9 Å². The normalized spacial score (nSPS) is 40.6. The molecule has 238 valence electrons. The lowest BCUT2D eigenvalue weighted by Gasteiger charge is -2.62. The fourth-order valence-electron chi connectivity index (χ4n) is 10.6. The average molecular weight is 590 g/mol. The minimum atomic E-state index is -0.184. The van der Waals surface area contributed by atoms with Gasteiger partial charge in [0.05, 0.1) is 13.2 Å². The fraction of sp³-hybridized carbons (Fsp3) is 0.912. The highest BCUT2D eigenvalue weighted by Crippen LogP contribution is 2.69. The van der Waals surface area contributed by atoms with E-state index in [0.29, 0.717) is 48.5 Å². The van der Waals surface area contributed by atoms with Gasteiger partial charge in [0, 0.05) is 45.3 Å². The fourth-order valence-corrected chi connectivity index (χ4v) is 10.6. The summed E-state index contributed by atoms with van der Waals surface area (Å²) in [6.07, 6.45) is 9.77. The van der Waals surface area contributed by atoms with Gasteiger partial charge in [-0.05, 0) is 98.7 Å². The van der Waals surface area contributed by atoms with Gasteiger partial charge in [-0.3, -0.25) is 19.3 Å². The molecule has 0 aromatic heterocycles. The molecule has 4 saturated carbocycles. The van der Waals surface area contributed by atoms with E-state index in [1.165, 1.54) is 26.2 Å². The minimum absolute atomic E-state index is 0.0398. The first-order valence-electron chi connectivity index (χ1n) is 16.8. The first-order chi connectivity index (χ1) is 20.0. The highest BCUT2D eigenvalue weighted by molar-refractivity contribution is 5.69. The molecule has 0 amide bonds. The standard InChI is InChI=1S/C34H55NO7/c1-22(6-11-32(38)40-19-16-35-14-17-39-18-15-35)28-9-10-29-27-8-7-25-20-26(41-23(2)36)12-13-33(25,4)30(27)21-31(34(28,29)5)42-24(3)37/h22,25-31H,6-21H2,1-5H3/t22?,25-,26-,27+,28?,29?,30?,31+,33+,34-/m1/s1. The zero-order chi connectivity index (χ0) is 30.1. The summed E-state index contributed by atoms with van der Waals surface area (Å²) in [5, 5.41) is 0. The van der Waals surface area contributed by atoms with Crippen LogP contribution in [0.5, 0.6) is 0 Å². The summed E-state index contributed by atoms with van der Waals surface area (Å²) >= 11 is 0. The molecule has 1 heterocycles. The van der Waals surface area contributed by atoms with Crippen LogP contribution in [0.15, 0.2) is 0 Å². The zero-order valence-electron chi connectivity index (χ0n) is 26.7. The third kappa shape index (κ3) is 6.40. The highest BCUT2D eigenvalue weighted by atomic mass is 16.5. The van der Waals surface area contributed by atoms with Crippen molar-refractivity contribution in [3.8, 4) is 0 Å². The number of ether oxygens (including phenoxy) is 4. The number of esters is 3. The Bertz CT molecular complexity index is 981. The topological polar surface area (TPSA) is 91.4 Å². The Balaban J connectivity index is 1.23. The number of nitrogens with zero attached hydrogens (tertiary/aromatic N) is 1. The van der Waals surface area contributed by atoms with E-state index in [1.807, 2.05) is 0 Å². The number of hydrogen-bond donors (Lipinski definition) is 0. The summed E-state index contributed by atoms with van der Waals surface area (Å²) in [6, 6.07) is 0. The number of fused-ring (bicyclic) bond motifs is 5. The second-order valence-electron chi connectivity index (χ2n) is 14.7. The van der Waals surface area contributed by atoms with E-state index in [1.54, 1.807) is 6.92 Å². The van der Waals surface area contributed by atoms with Crippen LogP contribution < -0.4 is 0 Å². The summed E-state index contributed by atoms with van der Waals surface area (Å²) in [6.45, 7) is 14.8. The van der Waals surface area contributed by atoms with E-state index >= 15 is 0 Å². The van der Waals surface area contributed by atoms with Crippen LogP contribution in [0.4, 0.5) is 0 Å². The Morgan fingerprint density at radius 2 is 1.67 bits per heavy atom. The lowest BCUT2D eigenvalue weighted by atomic mass is 9.43. The summed E-state index contributed by atoms with van der Waals surface area (Å²) in [5.74, 6) is 2.53. The number of carbonyl (C=O) groups is 3. The van der Waals surface area contributed by atoms with Gasteiger partial charge in [0.25, 0.3) is 0 Å². The number of rotatable bonds is 9. The molecule has 5 aliphatic rings. The summed E-state index contributed by atoms with van der Waals surface area (Å²) < 4.78 is 22.9.